The molecular formula is C21H25N3O2. The Hall–Kier alpha value is -1.88. The predicted molar refractivity (Wildman–Crippen MR) is 97.7 cm³/mol. The fraction of sp³-hybridized carbons (Fsp3) is 0.619. The lowest BCUT2D eigenvalue weighted by molar-refractivity contribution is -0.138. The number of rotatable bonds is 4. The second kappa shape index (κ2) is 5.10. The Morgan fingerprint density at radius 2 is 2.23 bits per heavy atom. The first-order valence-electron chi connectivity index (χ1n) is 10.1. The van der Waals surface area contributed by atoms with Gasteiger partial charge in [-0.3, -0.25) is 4.79 Å². The number of aryl methyl sites for hydroxylation is 1. The number of carbonyl (C=O) groups is 1. The van der Waals surface area contributed by atoms with Gasteiger partial charge in [-0.15, -0.1) is 0 Å². The van der Waals surface area contributed by atoms with E-state index in [0.29, 0.717) is 18.3 Å². The van der Waals surface area contributed by atoms with E-state index in [4.69, 9.17) is 0 Å². The Morgan fingerprint density at radius 3 is 3.04 bits per heavy atom. The summed E-state index contributed by atoms with van der Waals surface area (Å²) in [5.74, 6) is 1.48. The van der Waals surface area contributed by atoms with Gasteiger partial charge in [0.25, 0.3) is 0 Å². The lowest BCUT2D eigenvalue weighted by Gasteiger charge is -2.40. The molecule has 5 aliphatic rings. The topological polar surface area (TPSA) is 69.2 Å². The summed E-state index contributed by atoms with van der Waals surface area (Å²) in [4.78, 5) is 22.9. The van der Waals surface area contributed by atoms with Gasteiger partial charge in [0.2, 0.25) is 5.91 Å². The first-order valence-corrected chi connectivity index (χ1v) is 10.1. The number of aromatic amines is 1. The van der Waals surface area contributed by atoms with Crippen LogP contribution in [0.15, 0.2) is 18.5 Å². The van der Waals surface area contributed by atoms with E-state index >= 15 is 0 Å². The molecule has 2 aromatic rings. The van der Waals surface area contributed by atoms with Gasteiger partial charge in [0.05, 0.1) is 5.60 Å². The van der Waals surface area contributed by atoms with Gasteiger partial charge in [-0.1, -0.05) is 0 Å². The summed E-state index contributed by atoms with van der Waals surface area (Å²) in [7, 11) is 0. The second-order valence-corrected chi connectivity index (χ2v) is 9.07. The van der Waals surface area contributed by atoms with Crippen molar-refractivity contribution in [1.29, 1.82) is 0 Å². The molecule has 2 aliphatic heterocycles. The minimum atomic E-state index is -0.475. The number of hydrogen-bond acceptors (Lipinski definition) is 3. The van der Waals surface area contributed by atoms with E-state index in [1.807, 2.05) is 12.4 Å². The van der Waals surface area contributed by atoms with Crippen LogP contribution >= 0.6 is 0 Å². The predicted octanol–water partition coefficient (Wildman–Crippen LogP) is 2.89. The Bertz CT molecular complexity index is 898. The van der Waals surface area contributed by atoms with Crippen molar-refractivity contribution in [3.05, 3.63) is 29.6 Å². The molecule has 7 rings (SSSR count). The highest BCUT2D eigenvalue weighted by Crippen LogP contribution is 2.55. The van der Waals surface area contributed by atoms with Gasteiger partial charge in [-0.25, -0.2) is 4.98 Å². The quantitative estimate of drug-likeness (QED) is 0.890. The molecule has 0 aromatic carbocycles. The van der Waals surface area contributed by atoms with Crippen LogP contribution in [0.1, 0.15) is 62.0 Å². The van der Waals surface area contributed by atoms with Gasteiger partial charge in [-0.2, -0.15) is 0 Å². The number of nitrogens with one attached hydrogen (secondary N) is 1. The van der Waals surface area contributed by atoms with Crippen molar-refractivity contribution in [2.75, 3.05) is 0 Å². The van der Waals surface area contributed by atoms with E-state index in [-0.39, 0.29) is 18.0 Å². The minimum absolute atomic E-state index is 0.275. The number of aliphatic hydroxyl groups is 1. The maximum absolute atomic E-state index is 13.0. The zero-order valence-electron chi connectivity index (χ0n) is 14.9. The molecule has 0 spiro atoms. The third-order valence-corrected chi connectivity index (χ3v) is 7.32. The Labute approximate surface area is 152 Å². The highest BCUT2D eigenvalue weighted by Gasteiger charge is 2.60. The molecule has 4 bridgehead atoms. The lowest BCUT2D eigenvalue weighted by atomic mass is 9.83. The summed E-state index contributed by atoms with van der Waals surface area (Å²) in [6.07, 6.45) is 11.4. The normalized spacial score (nSPS) is 35.0. The van der Waals surface area contributed by atoms with E-state index in [1.165, 1.54) is 29.4 Å². The summed E-state index contributed by atoms with van der Waals surface area (Å²) in [6.45, 7) is 0. The number of fused-ring (bicyclic) bond motifs is 1. The van der Waals surface area contributed by atoms with Crippen molar-refractivity contribution < 1.29 is 9.90 Å². The number of aromatic nitrogens is 2. The van der Waals surface area contributed by atoms with Crippen molar-refractivity contribution >= 4 is 16.9 Å². The third kappa shape index (κ3) is 2.13. The van der Waals surface area contributed by atoms with Gasteiger partial charge in [0, 0.05) is 36.3 Å². The minimum Gasteiger partial charge on any atom is -0.390 e. The van der Waals surface area contributed by atoms with Crippen molar-refractivity contribution in [3.63, 3.8) is 0 Å². The molecule has 2 N–H and O–H groups in total. The Balaban J connectivity index is 1.22. The molecule has 0 radical (unpaired) electrons. The van der Waals surface area contributed by atoms with Crippen molar-refractivity contribution in [1.82, 2.24) is 14.9 Å². The van der Waals surface area contributed by atoms with Gasteiger partial charge in [0.15, 0.2) is 0 Å². The molecular weight excluding hydrogens is 326 g/mol. The first kappa shape index (κ1) is 15.2. The summed E-state index contributed by atoms with van der Waals surface area (Å²) in [6, 6.07) is 2.72. The highest BCUT2D eigenvalue weighted by molar-refractivity contribution is 5.85. The fourth-order valence-corrected chi connectivity index (χ4v) is 6.19. The molecule has 26 heavy (non-hydrogen) atoms. The Morgan fingerprint density at radius 1 is 1.35 bits per heavy atom. The number of hydrogen-bond donors (Lipinski definition) is 2. The summed E-state index contributed by atoms with van der Waals surface area (Å²) >= 11 is 0. The van der Waals surface area contributed by atoms with E-state index in [9.17, 15) is 9.90 Å². The van der Waals surface area contributed by atoms with E-state index in [1.54, 1.807) is 0 Å². The number of piperidine rings is 1. The lowest BCUT2D eigenvalue weighted by Crippen LogP contribution is -2.50. The maximum Gasteiger partial charge on any atom is 0.223 e. The van der Waals surface area contributed by atoms with Crippen LogP contribution in [0.5, 0.6) is 0 Å². The third-order valence-electron chi connectivity index (χ3n) is 7.32. The number of nitrogens with zero attached hydrogens (tertiary/aromatic N) is 2. The number of H-pyrrole nitrogens is 1. The van der Waals surface area contributed by atoms with Crippen molar-refractivity contribution in [2.24, 2.45) is 5.92 Å². The van der Waals surface area contributed by atoms with Crippen molar-refractivity contribution in [2.45, 2.75) is 75.0 Å². The number of pyridine rings is 1. The second-order valence-electron chi connectivity index (χ2n) is 9.07. The molecule has 1 amide bonds. The maximum atomic E-state index is 13.0. The average molecular weight is 351 g/mol. The van der Waals surface area contributed by atoms with Crippen LogP contribution in [0, 0.1) is 5.92 Å². The van der Waals surface area contributed by atoms with Crippen molar-refractivity contribution in [3.8, 4) is 0 Å². The molecule has 4 atom stereocenters. The van der Waals surface area contributed by atoms with Crippen LogP contribution in [-0.4, -0.2) is 43.6 Å². The van der Waals surface area contributed by atoms with E-state index in [0.717, 1.165) is 37.8 Å². The van der Waals surface area contributed by atoms with Crippen LogP contribution in [0.2, 0.25) is 0 Å². The van der Waals surface area contributed by atoms with E-state index < -0.39 is 5.60 Å². The largest absolute Gasteiger partial charge is 0.390 e. The molecule has 3 aliphatic carbocycles. The first-order chi connectivity index (χ1) is 12.6. The van der Waals surface area contributed by atoms with Crippen LogP contribution in [0.3, 0.4) is 0 Å². The summed E-state index contributed by atoms with van der Waals surface area (Å²) in [5.41, 5.74) is 3.12. The van der Waals surface area contributed by atoms with Gasteiger partial charge in [0.1, 0.15) is 5.65 Å². The molecule has 4 unspecified atom stereocenters. The van der Waals surface area contributed by atoms with Crippen LogP contribution in [0.25, 0.3) is 11.0 Å². The van der Waals surface area contributed by atoms with Crippen LogP contribution < -0.4 is 0 Å². The SMILES string of the molecule is O=C(CCc1c[nH]c2nccc(C3CC3)c12)N1C2CC3CC(O)(C2)CC31. The number of carbonyl (C=O) groups excluding carboxylic acids is 1. The highest BCUT2D eigenvalue weighted by atomic mass is 16.3. The molecule has 5 fully saturated rings. The fourth-order valence-electron chi connectivity index (χ4n) is 6.19. The molecule has 5 nitrogen and oxygen atoms in total. The molecule has 3 saturated carbocycles. The Kier molecular flexibility index (Phi) is 2.98. The molecule has 2 saturated heterocycles. The molecule has 136 valence electrons. The van der Waals surface area contributed by atoms with Crippen LogP contribution in [-0.2, 0) is 11.2 Å². The van der Waals surface area contributed by atoms with Gasteiger partial charge < -0.3 is 15.0 Å². The van der Waals surface area contributed by atoms with E-state index in [2.05, 4.69) is 20.9 Å². The molecule has 5 heteroatoms. The smallest absolute Gasteiger partial charge is 0.223 e. The molecule has 2 aromatic heterocycles. The zero-order chi connectivity index (χ0) is 17.5. The van der Waals surface area contributed by atoms with Gasteiger partial charge in [-0.05, 0) is 74.0 Å². The average Bonchev–Trinajstić information content (AvgIpc) is 3.27. The zero-order valence-corrected chi connectivity index (χ0v) is 14.9. The standard InChI is InChI=1S/C21H25N3O2/c25-18(24-15-7-14-8-21(26,9-15)10-17(14)24)4-3-13-11-23-20-19(13)16(5-6-22-20)12-1-2-12/h5-6,11-12,14-15,17,26H,1-4,7-10H2,(H,22,23). The summed E-state index contributed by atoms with van der Waals surface area (Å²) < 4.78 is 0. The molecule has 4 heterocycles. The van der Waals surface area contributed by atoms with Crippen LogP contribution in [0.4, 0.5) is 0 Å². The monoisotopic (exact) mass is 351 g/mol. The van der Waals surface area contributed by atoms with Gasteiger partial charge >= 0.3 is 0 Å². The summed E-state index contributed by atoms with van der Waals surface area (Å²) in [5, 5.41) is 11.8. The number of amides is 1.